The van der Waals surface area contributed by atoms with Crippen LogP contribution in [0.1, 0.15) is 18.5 Å². The van der Waals surface area contributed by atoms with Gasteiger partial charge in [-0.1, -0.05) is 6.07 Å². The molecule has 1 aromatic carbocycles. The van der Waals surface area contributed by atoms with Crippen molar-refractivity contribution in [3.05, 3.63) is 23.8 Å². The summed E-state index contributed by atoms with van der Waals surface area (Å²) in [7, 11) is 0. The number of benzene rings is 1. The summed E-state index contributed by atoms with van der Waals surface area (Å²) in [6.45, 7) is 3.25. The van der Waals surface area contributed by atoms with Gasteiger partial charge in [-0.15, -0.1) is 0 Å². The van der Waals surface area contributed by atoms with E-state index in [2.05, 4.69) is 5.32 Å². The van der Waals surface area contributed by atoms with Gasteiger partial charge in [0.05, 0.1) is 0 Å². The number of hydrogen-bond donors (Lipinski definition) is 1. The molecule has 7 heteroatoms. The molecule has 2 rings (SSSR count). The zero-order valence-electron chi connectivity index (χ0n) is 11.0. The van der Waals surface area contributed by atoms with E-state index in [1.807, 2.05) is 25.1 Å². The molecule has 0 spiro atoms. The molecule has 1 unspecified atom stereocenters. The molecule has 0 fully saturated rings. The minimum absolute atomic E-state index is 0.00160. The Morgan fingerprint density at radius 3 is 2.65 bits per heavy atom. The fraction of sp³-hybridized carbons (Fsp3) is 0.538. The molecule has 0 bridgehead atoms. The highest BCUT2D eigenvalue weighted by molar-refractivity contribution is 8.00. The predicted octanol–water partition coefficient (Wildman–Crippen LogP) is 3.36. The Balaban J connectivity index is 1.84. The second-order valence-corrected chi connectivity index (χ2v) is 5.53. The monoisotopic (exact) mass is 307 g/mol. The summed E-state index contributed by atoms with van der Waals surface area (Å²) in [6, 6.07) is 5.54. The number of hydrogen-bond acceptors (Lipinski definition) is 4. The molecule has 0 amide bonds. The Morgan fingerprint density at radius 1 is 1.25 bits per heavy atom. The van der Waals surface area contributed by atoms with Crippen LogP contribution < -0.4 is 14.8 Å². The van der Waals surface area contributed by atoms with Crippen LogP contribution in [0.5, 0.6) is 11.5 Å². The maximum absolute atomic E-state index is 12.0. The van der Waals surface area contributed by atoms with E-state index in [9.17, 15) is 13.2 Å². The third-order valence-corrected chi connectivity index (χ3v) is 3.62. The quantitative estimate of drug-likeness (QED) is 0.845. The standard InChI is InChI=1S/C13H16F3NO2S/c1-9(17-4-7-20-13(14,15)16)10-2-3-11-12(8-10)19-6-5-18-11/h2-3,8-9,17H,4-7H2,1H3. The SMILES string of the molecule is CC(NCCSC(F)(F)F)c1ccc2c(c1)OCCO2. The second kappa shape index (κ2) is 6.58. The van der Waals surface area contributed by atoms with E-state index < -0.39 is 5.51 Å². The van der Waals surface area contributed by atoms with Crippen LogP contribution in [0.15, 0.2) is 18.2 Å². The zero-order valence-corrected chi connectivity index (χ0v) is 11.8. The van der Waals surface area contributed by atoms with E-state index in [1.165, 1.54) is 0 Å². The van der Waals surface area contributed by atoms with Crippen LogP contribution in [0.4, 0.5) is 13.2 Å². The van der Waals surface area contributed by atoms with Gasteiger partial charge in [-0.25, -0.2) is 0 Å². The van der Waals surface area contributed by atoms with Crippen molar-refractivity contribution in [3.63, 3.8) is 0 Å². The lowest BCUT2D eigenvalue weighted by molar-refractivity contribution is -0.0327. The van der Waals surface area contributed by atoms with Gasteiger partial charge in [-0.3, -0.25) is 0 Å². The highest BCUT2D eigenvalue weighted by Crippen LogP contribution is 2.33. The molecule has 0 saturated carbocycles. The van der Waals surface area contributed by atoms with Gasteiger partial charge in [0.1, 0.15) is 13.2 Å². The number of nitrogens with one attached hydrogen (secondary N) is 1. The van der Waals surface area contributed by atoms with Gasteiger partial charge in [0.2, 0.25) is 0 Å². The molecule has 3 nitrogen and oxygen atoms in total. The molecule has 1 aliphatic rings. The first-order valence-electron chi connectivity index (χ1n) is 6.29. The number of ether oxygens (including phenoxy) is 2. The summed E-state index contributed by atoms with van der Waals surface area (Å²) < 4.78 is 46.9. The summed E-state index contributed by atoms with van der Waals surface area (Å²) in [6.07, 6.45) is 0. The molecular weight excluding hydrogens is 291 g/mol. The van der Waals surface area contributed by atoms with Crippen LogP contribution in [-0.2, 0) is 0 Å². The Morgan fingerprint density at radius 2 is 1.95 bits per heavy atom. The molecule has 1 N–H and O–H groups in total. The molecule has 1 heterocycles. The van der Waals surface area contributed by atoms with Crippen LogP contribution in [0, 0.1) is 0 Å². The minimum atomic E-state index is -4.16. The van der Waals surface area contributed by atoms with Crippen molar-refractivity contribution in [1.82, 2.24) is 5.32 Å². The van der Waals surface area contributed by atoms with Crippen molar-refractivity contribution in [1.29, 1.82) is 0 Å². The van der Waals surface area contributed by atoms with Gasteiger partial charge in [-0.2, -0.15) is 13.2 Å². The first kappa shape index (κ1) is 15.3. The molecule has 112 valence electrons. The molecule has 1 aromatic rings. The number of halogens is 3. The maximum Gasteiger partial charge on any atom is 0.441 e. The molecular formula is C13H16F3NO2S. The highest BCUT2D eigenvalue weighted by Gasteiger charge is 2.27. The van der Waals surface area contributed by atoms with Gasteiger partial charge < -0.3 is 14.8 Å². The Hall–Kier alpha value is -1.08. The van der Waals surface area contributed by atoms with Gasteiger partial charge in [0, 0.05) is 18.3 Å². The minimum Gasteiger partial charge on any atom is -0.486 e. The van der Waals surface area contributed by atoms with Crippen LogP contribution in [0.3, 0.4) is 0 Å². The van der Waals surface area contributed by atoms with Gasteiger partial charge in [-0.05, 0) is 36.4 Å². The average Bonchev–Trinajstić information content (AvgIpc) is 2.42. The smallest absolute Gasteiger partial charge is 0.441 e. The van der Waals surface area contributed by atoms with Crippen molar-refractivity contribution in [2.75, 3.05) is 25.5 Å². The summed E-state index contributed by atoms with van der Waals surface area (Å²) >= 11 is -0.0136. The van der Waals surface area contributed by atoms with Crippen molar-refractivity contribution >= 4 is 11.8 Å². The summed E-state index contributed by atoms with van der Waals surface area (Å²) in [5.41, 5.74) is -3.20. The fourth-order valence-electron chi connectivity index (χ4n) is 1.89. The molecule has 1 aliphatic heterocycles. The molecule has 0 aliphatic carbocycles. The summed E-state index contributed by atoms with van der Waals surface area (Å²) in [4.78, 5) is 0. The molecule has 0 aromatic heterocycles. The number of alkyl halides is 3. The molecule has 0 radical (unpaired) electrons. The normalized spacial score (nSPS) is 16.0. The Labute approximate surface area is 119 Å². The molecule has 20 heavy (non-hydrogen) atoms. The Kier molecular flexibility index (Phi) is 5.04. The molecule has 0 saturated heterocycles. The topological polar surface area (TPSA) is 30.5 Å². The first-order chi connectivity index (χ1) is 9.46. The lowest BCUT2D eigenvalue weighted by atomic mass is 10.1. The van der Waals surface area contributed by atoms with E-state index in [0.29, 0.717) is 31.3 Å². The van der Waals surface area contributed by atoms with Gasteiger partial charge >= 0.3 is 5.51 Å². The number of thioether (sulfide) groups is 1. The number of fused-ring (bicyclic) bond motifs is 1. The van der Waals surface area contributed by atoms with E-state index in [1.54, 1.807) is 0 Å². The van der Waals surface area contributed by atoms with E-state index in [4.69, 9.17) is 9.47 Å². The van der Waals surface area contributed by atoms with Crippen LogP contribution in [-0.4, -0.2) is 31.0 Å². The summed E-state index contributed by atoms with van der Waals surface area (Å²) in [5, 5.41) is 3.06. The van der Waals surface area contributed by atoms with Gasteiger partial charge in [0.25, 0.3) is 0 Å². The van der Waals surface area contributed by atoms with E-state index >= 15 is 0 Å². The first-order valence-corrected chi connectivity index (χ1v) is 7.28. The average molecular weight is 307 g/mol. The van der Waals surface area contributed by atoms with E-state index in [0.717, 1.165) is 5.56 Å². The largest absolute Gasteiger partial charge is 0.486 e. The third-order valence-electron chi connectivity index (χ3n) is 2.88. The van der Waals surface area contributed by atoms with Crippen LogP contribution >= 0.6 is 11.8 Å². The zero-order chi connectivity index (χ0) is 14.6. The van der Waals surface area contributed by atoms with Crippen LogP contribution in [0.2, 0.25) is 0 Å². The Bertz CT molecular complexity index is 454. The molecule has 1 atom stereocenters. The summed E-state index contributed by atoms with van der Waals surface area (Å²) in [5.74, 6) is 1.39. The van der Waals surface area contributed by atoms with Crippen molar-refractivity contribution in [2.24, 2.45) is 0 Å². The number of rotatable bonds is 5. The van der Waals surface area contributed by atoms with Crippen molar-refractivity contribution in [3.8, 4) is 11.5 Å². The predicted molar refractivity (Wildman–Crippen MR) is 72.4 cm³/mol. The van der Waals surface area contributed by atoms with E-state index in [-0.39, 0.29) is 23.6 Å². The van der Waals surface area contributed by atoms with Crippen molar-refractivity contribution < 1.29 is 22.6 Å². The third kappa shape index (κ3) is 4.49. The van der Waals surface area contributed by atoms with Gasteiger partial charge in [0.15, 0.2) is 11.5 Å². The lowest BCUT2D eigenvalue weighted by Crippen LogP contribution is -2.23. The maximum atomic E-state index is 12.0. The van der Waals surface area contributed by atoms with Crippen molar-refractivity contribution in [2.45, 2.75) is 18.5 Å². The van der Waals surface area contributed by atoms with Crippen LogP contribution in [0.25, 0.3) is 0 Å². The fourth-order valence-corrected chi connectivity index (χ4v) is 2.34. The highest BCUT2D eigenvalue weighted by atomic mass is 32.2. The lowest BCUT2D eigenvalue weighted by Gasteiger charge is -2.21. The second-order valence-electron chi connectivity index (χ2n) is 4.37.